The molecule has 0 fully saturated rings. The molecule has 37 heavy (non-hydrogen) atoms. The molecule has 2 aromatic heterocycles. The van der Waals surface area contributed by atoms with Gasteiger partial charge in [0.2, 0.25) is 5.92 Å². The molecule has 10 heteroatoms. The average molecular weight is 511 g/mol. The first-order chi connectivity index (χ1) is 17.7. The van der Waals surface area contributed by atoms with Gasteiger partial charge >= 0.3 is 0 Å². The fourth-order valence-corrected chi connectivity index (χ4v) is 3.92. The zero-order valence-electron chi connectivity index (χ0n) is 21.5. The van der Waals surface area contributed by atoms with E-state index in [1.165, 1.54) is 6.92 Å². The molecule has 0 spiro atoms. The van der Waals surface area contributed by atoms with Crippen molar-refractivity contribution in [3.05, 3.63) is 55.0 Å². The third-order valence-corrected chi connectivity index (χ3v) is 6.33. The van der Waals surface area contributed by atoms with Gasteiger partial charge in [-0.15, -0.1) is 0 Å². The van der Waals surface area contributed by atoms with E-state index in [-0.39, 0.29) is 6.54 Å². The Morgan fingerprint density at radius 3 is 2.41 bits per heavy atom. The number of aromatic nitrogens is 4. The SMILES string of the molecule is COc1cc(OC)cc(N(C[C@@H](C)C(C)(F)F)c2ccc3ncc(-c4cnn(CCCN)c4)nc3c2)c1. The molecule has 2 aromatic carbocycles. The number of nitrogens with zero attached hydrogens (tertiary/aromatic N) is 5. The van der Waals surface area contributed by atoms with E-state index in [2.05, 4.69) is 10.1 Å². The van der Waals surface area contributed by atoms with Crippen LogP contribution in [0.3, 0.4) is 0 Å². The maximum absolute atomic E-state index is 14.3. The molecule has 0 radical (unpaired) electrons. The van der Waals surface area contributed by atoms with Gasteiger partial charge in [0, 0.05) is 60.3 Å². The highest BCUT2D eigenvalue weighted by Gasteiger charge is 2.32. The number of rotatable bonds is 11. The molecule has 0 saturated heterocycles. The van der Waals surface area contributed by atoms with E-state index < -0.39 is 11.8 Å². The van der Waals surface area contributed by atoms with Gasteiger partial charge in [-0.3, -0.25) is 9.67 Å². The lowest BCUT2D eigenvalue weighted by atomic mass is 10.0. The highest BCUT2D eigenvalue weighted by atomic mass is 19.3. The van der Waals surface area contributed by atoms with Crippen molar-refractivity contribution in [3.8, 4) is 22.8 Å². The molecule has 0 bridgehead atoms. The fourth-order valence-electron chi connectivity index (χ4n) is 3.92. The maximum atomic E-state index is 14.3. The first-order valence-corrected chi connectivity index (χ1v) is 12.1. The van der Waals surface area contributed by atoms with Crippen LogP contribution >= 0.6 is 0 Å². The minimum atomic E-state index is -2.87. The largest absolute Gasteiger partial charge is 0.497 e. The summed E-state index contributed by atoms with van der Waals surface area (Å²) in [6, 6.07) is 10.9. The molecule has 0 unspecified atom stereocenters. The Bertz CT molecular complexity index is 1330. The molecule has 8 nitrogen and oxygen atoms in total. The molecule has 4 rings (SSSR count). The summed E-state index contributed by atoms with van der Waals surface area (Å²) in [5.41, 5.74) is 9.81. The average Bonchev–Trinajstić information content (AvgIpc) is 3.37. The number of hydrogen-bond donors (Lipinski definition) is 1. The molecular weight excluding hydrogens is 478 g/mol. The minimum Gasteiger partial charge on any atom is -0.497 e. The zero-order valence-corrected chi connectivity index (χ0v) is 21.5. The monoisotopic (exact) mass is 510 g/mol. The van der Waals surface area contributed by atoms with E-state index in [1.807, 2.05) is 34.0 Å². The lowest BCUT2D eigenvalue weighted by Crippen LogP contribution is -2.33. The second-order valence-corrected chi connectivity index (χ2v) is 9.10. The van der Waals surface area contributed by atoms with Crippen molar-refractivity contribution in [2.45, 2.75) is 32.7 Å². The molecule has 0 aliphatic carbocycles. The van der Waals surface area contributed by atoms with Crippen LogP contribution in [0.2, 0.25) is 0 Å². The molecule has 1 atom stereocenters. The Morgan fingerprint density at radius 1 is 1.03 bits per heavy atom. The summed E-state index contributed by atoms with van der Waals surface area (Å²) in [5, 5.41) is 4.37. The van der Waals surface area contributed by atoms with E-state index in [0.29, 0.717) is 46.1 Å². The zero-order chi connectivity index (χ0) is 26.6. The van der Waals surface area contributed by atoms with Crippen molar-refractivity contribution in [1.29, 1.82) is 0 Å². The Hall–Kier alpha value is -3.79. The van der Waals surface area contributed by atoms with E-state index in [4.69, 9.17) is 20.2 Å². The standard InChI is InChI=1S/C27H32F2N6O2/c1-18(27(2,28)29)16-35(21-10-22(36-3)13-23(11-21)37-4)20-6-7-24-25(12-20)33-26(15-31-24)19-14-32-34(17-19)9-5-8-30/h6-7,10-15,17-18H,5,8-9,16,30H2,1-4H3/t18-/m1/s1. The van der Waals surface area contributed by atoms with Gasteiger partial charge in [0.05, 0.1) is 43.3 Å². The predicted molar refractivity (Wildman–Crippen MR) is 141 cm³/mol. The molecular formula is C27H32F2N6O2. The predicted octanol–water partition coefficient (Wildman–Crippen LogP) is 5.29. The van der Waals surface area contributed by atoms with Crippen LogP contribution in [0, 0.1) is 5.92 Å². The highest BCUT2D eigenvalue weighted by molar-refractivity contribution is 5.82. The molecule has 0 aliphatic heterocycles. The number of methoxy groups -OCH3 is 2. The third kappa shape index (κ3) is 6.14. The second kappa shape index (κ2) is 11.1. The van der Waals surface area contributed by atoms with Crippen molar-refractivity contribution < 1.29 is 18.3 Å². The molecule has 196 valence electrons. The van der Waals surface area contributed by atoms with E-state index in [9.17, 15) is 8.78 Å². The van der Waals surface area contributed by atoms with Gasteiger partial charge in [-0.05, 0) is 38.1 Å². The first-order valence-electron chi connectivity index (χ1n) is 12.1. The van der Waals surface area contributed by atoms with Crippen molar-refractivity contribution in [2.24, 2.45) is 11.7 Å². The van der Waals surface area contributed by atoms with Crippen LogP contribution in [0.1, 0.15) is 20.3 Å². The van der Waals surface area contributed by atoms with E-state index >= 15 is 0 Å². The summed E-state index contributed by atoms with van der Waals surface area (Å²) >= 11 is 0. The Labute approximate surface area is 215 Å². The number of anilines is 2. The van der Waals surface area contributed by atoms with Gasteiger partial charge in [0.1, 0.15) is 11.5 Å². The summed E-state index contributed by atoms with van der Waals surface area (Å²) in [6.07, 6.45) is 6.19. The molecule has 0 aliphatic rings. The van der Waals surface area contributed by atoms with Crippen molar-refractivity contribution >= 4 is 22.4 Å². The van der Waals surface area contributed by atoms with Gasteiger partial charge < -0.3 is 20.1 Å². The molecule has 0 amide bonds. The second-order valence-electron chi connectivity index (χ2n) is 9.10. The summed E-state index contributed by atoms with van der Waals surface area (Å²) in [7, 11) is 3.11. The summed E-state index contributed by atoms with van der Waals surface area (Å²) in [6.45, 7) is 3.85. The van der Waals surface area contributed by atoms with Gasteiger partial charge in [-0.1, -0.05) is 6.92 Å². The van der Waals surface area contributed by atoms with Crippen LogP contribution in [-0.2, 0) is 6.54 Å². The van der Waals surface area contributed by atoms with Crippen LogP contribution in [0.4, 0.5) is 20.2 Å². The molecule has 2 heterocycles. The number of hydrogen-bond acceptors (Lipinski definition) is 7. The molecule has 0 saturated carbocycles. The number of nitrogens with two attached hydrogens (primary N) is 1. The topological polar surface area (TPSA) is 91.3 Å². The van der Waals surface area contributed by atoms with E-state index in [0.717, 1.165) is 25.5 Å². The number of alkyl halides is 2. The van der Waals surface area contributed by atoms with Crippen LogP contribution in [0.15, 0.2) is 55.0 Å². The Balaban J connectivity index is 1.76. The van der Waals surface area contributed by atoms with Crippen LogP contribution in [-0.4, -0.2) is 53.0 Å². The normalized spacial score (nSPS) is 12.5. The number of benzene rings is 2. The van der Waals surface area contributed by atoms with Crippen LogP contribution in [0.5, 0.6) is 11.5 Å². The van der Waals surface area contributed by atoms with Crippen molar-refractivity contribution in [2.75, 3.05) is 32.2 Å². The quantitative estimate of drug-likeness (QED) is 0.293. The third-order valence-electron chi connectivity index (χ3n) is 6.33. The molecule has 2 N–H and O–H groups in total. The first kappa shape index (κ1) is 26.3. The highest BCUT2D eigenvalue weighted by Crippen LogP contribution is 2.36. The van der Waals surface area contributed by atoms with Crippen molar-refractivity contribution in [3.63, 3.8) is 0 Å². The van der Waals surface area contributed by atoms with Crippen molar-refractivity contribution in [1.82, 2.24) is 19.7 Å². The summed E-state index contributed by atoms with van der Waals surface area (Å²) < 4.78 is 41.2. The number of ether oxygens (including phenoxy) is 2. The lowest BCUT2D eigenvalue weighted by Gasteiger charge is -2.31. The Morgan fingerprint density at radius 2 is 1.76 bits per heavy atom. The smallest absolute Gasteiger partial charge is 0.249 e. The summed E-state index contributed by atoms with van der Waals surface area (Å²) in [5.74, 6) is -2.68. The molecule has 4 aromatic rings. The van der Waals surface area contributed by atoms with Gasteiger partial charge in [0.15, 0.2) is 0 Å². The maximum Gasteiger partial charge on any atom is 0.249 e. The van der Waals surface area contributed by atoms with Crippen LogP contribution < -0.4 is 20.1 Å². The van der Waals surface area contributed by atoms with Gasteiger partial charge in [-0.2, -0.15) is 5.10 Å². The van der Waals surface area contributed by atoms with Gasteiger partial charge in [0.25, 0.3) is 0 Å². The lowest BCUT2D eigenvalue weighted by molar-refractivity contribution is -0.0285. The summed E-state index contributed by atoms with van der Waals surface area (Å²) in [4.78, 5) is 11.2. The minimum absolute atomic E-state index is 0.0619. The Kier molecular flexibility index (Phi) is 7.87. The number of aryl methyl sites for hydroxylation is 1. The fraction of sp³-hybridized carbons (Fsp3) is 0.370. The number of halogens is 2. The van der Waals surface area contributed by atoms with Crippen LogP contribution in [0.25, 0.3) is 22.3 Å². The van der Waals surface area contributed by atoms with Gasteiger partial charge in [-0.25, -0.2) is 13.8 Å². The number of fused-ring (bicyclic) bond motifs is 1. The van der Waals surface area contributed by atoms with E-state index in [1.54, 1.807) is 44.8 Å².